The van der Waals surface area contributed by atoms with Crippen LogP contribution in [0.3, 0.4) is 0 Å². The molecule has 0 aliphatic heterocycles. The van der Waals surface area contributed by atoms with Gasteiger partial charge in [-0.3, -0.25) is 0 Å². The molecule has 4 heteroatoms. The number of rotatable bonds is 4. The van der Waals surface area contributed by atoms with Crippen molar-refractivity contribution in [1.29, 1.82) is 0 Å². The average molecular weight is 336 g/mol. The fraction of sp³-hybridized carbons (Fsp3) is 0.176. The van der Waals surface area contributed by atoms with Crippen molar-refractivity contribution in [2.45, 2.75) is 12.5 Å². The Hall–Kier alpha value is -1.06. The minimum atomic E-state index is 0.235. The monoisotopic (exact) mass is 335 g/mol. The van der Waals surface area contributed by atoms with Gasteiger partial charge >= 0.3 is 0 Å². The molecule has 1 unspecified atom stereocenters. The van der Waals surface area contributed by atoms with Crippen LogP contribution in [-0.4, -0.2) is 7.05 Å². The van der Waals surface area contributed by atoms with Crippen LogP contribution in [0.5, 0.6) is 0 Å². The number of likely N-dealkylation sites (N-methyl/N-ethyl adjacent to an activating group) is 1. The standard InChI is InChI=1S/C17H15Cl2NS/c1-20-15(9-12-8-13(18)6-7-14(12)19)17-10-11-4-2-3-5-16(11)21-17/h2-8,10,15,20H,9H2,1H3. The van der Waals surface area contributed by atoms with Gasteiger partial charge in [0.15, 0.2) is 0 Å². The molecule has 1 nitrogen and oxygen atoms in total. The van der Waals surface area contributed by atoms with Gasteiger partial charge < -0.3 is 5.32 Å². The summed E-state index contributed by atoms with van der Waals surface area (Å²) in [4.78, 5) is 1.31. The summed E-state index contributed by atoms with van der Waals surface area (Å²) < 4.78 is 1.31. The molecule has 0 saturated carbocycles. The Morgan fingerprint density at radius 2 is 1.90 bits per heavy atom. The molecule has 0 bridgehead atoms. The predicted molar refractivity (Wildman–Crippen MR) is 93.8 cm³/mol. The van der Waals surface area contributed by atoms with E-state index >= 15 is 0 Å². The first-order chi connectivity index (χ1) is 10.2. The Labute approximate surface area is 138 Å². The van der Waals surface area contributed by atoms with Crippen LogP contribution in [0.1, 0.15) is 16.5 Å². The molecule has 0 amide bonds. The topological polar surface area (TPSA) is 12.0 Å². The third kappa shape index (κ3) is 3.24. The Balaban J connectivity index is 1.92. The summed E-state index contributed by atoms with van der Waals surface area (Å²) in [5, 5.41) is 6.16. The zero-order chi connectivity index (χ0) is 14.8. The molecular formula is C17H15Cl2NS. The van der Waals surface area contributed by atoms with Crippen LogP contribution in [0.2, 0.25) is 10.0 Å². The maximum Gasteiger partial charge on any atom is 0.0454 e. The Bertz CT molecular complexity index is 733. The van der Waals surface area contributed by atoms with Crippen molar-refractivity contribution in [3.05, 3.63) is 69.0 Å². The highest BCUT2D eigenvalue weighted by Crippen LogP contribution is 2.33. The van der Waals surface area contributed by atoms with E-state index in [9.17, 15) is 0 Å². The van der Waals surface area contributed by atoms with Gasteiger partial charge in [-0.1, -0.05) is 41.4 Å². The number of nitrogens with one attached hydrogen (secondary N) is 1. The van der Waals surface area contributed by atoms with E-state index in [1.165, 1.54) is 15.0 Å². The van der Waals surface area contributed by atoms with E-state index in [-0.39, 0.29) is 6.04 Å². The molecule has 3 rings (SSSR count). The first kappa shape index (κ1) is 14.9. The minimum Gasteiger partial charge on any atom is -0.312 e. The van der Waals surface area contributed by atoms with Gasteiger partial charge in [0.05, 0.1) is 0 Å². The van der Waals surface area contributed by atoms with Crippen LogP contribution in [-0.2, 0) is 6.42 Å². The molecule has 0 spiro atoms. The number of hydrogen-bond acceptors (Lipinski definition) is 2. The lowest BCUT2D eigenvalue weighted by molar-refractivity contribution is 0.602. The molecule has 0 aliphatic rings. The van der Waals surface area contributed by atoms with Crippen LogP contribution < -0.4 is 5.32 Å². The van der Waals surface area contributed by atoms with E-state index in [1.807, 2.05) is 36.6 Å². The second kappa shape index (κ2) is 6.37. The van der Waals surface area contributed by atoms with Gasteiger partial charge in [-0.15, -0.1) is 11.3 Å². The summed E-state index contributed by atoms with van der Waals surface area (Å²) in [5.41, 5.74) is 1.07. The Kier molecular flexibility index (Phi) is 4.51. The van der Waals surface area contributed by atoms with Gasteiger partial charge in [0, 0.05) is 25.7 Å². The van der Waals surface area contributed by atoms with Crippen molar-refractivity contribution < 1.29 is 0 Å². The zero-order valence-electron chi connectivity index (χ0n) is 11.6. The molecule has 0 aliphatic carbocycles. The normalized spacial score (nSPS) is 12.7. The third-order valence-electron chi connectivity index (χ3n) is 3.57. The van der Waals surface area contributed by atoms with Gasteiger partial charge in [-0.2, -0.15) is 0 Å². The highest BCUT2D eigenvalue weighted by atomic mass is 35.5. The van der Waals surface area contributed by atoms with E-state index in [2.05, 4.69) is 35.6 Å². The van der Waals surface area contributed by atoms with E-state index < -0.39 is 0 Å². The van der Waals surface area contributed by atoms with Crippen molar-refractivity contribution in [1.82, 2.24) is 5.32 Å². The summed E-state index contributed by atoms with van der Waals surface area (Å²) in [6, 6.07) is 16.6. The molecule has 2 aromatic carbocycles. The Morgan fingerprint density at radius 1 is 1.10 bits per heavy atom. The summed E-state index contributed by atoms with van der Waals surface area (Å²) >= 11 is 14.2. The van der Waals surface area contributed by atoms with Crippen LogP contribution in [0.25, 0.3) is 10.1 Å². The summed E-state index contributed by atoms with van der Waals surface area (Å²) in [6.07, 6.45) is 0.822. The molecule has 1 atom stereocenters. The second-order valence-electron chi connectivity index (χ2n) is 4.97. The summed E-state index contributed by atoms with van der Waals surface area (Å²) in [7, 11) is 1.98. The van der Waals surface area contributed by atoms with Gasteiger partial charge in [0.25, 0.3) is 0 Å². The molecule has 21 heavy (non-hydrogen) atoms. The second-order valence-corrected chi connectivity index (χ2v) is 6.93. The molecule has 1 heterocycles. The SMILES string of the molecule is CNC(Cc1cc(Cl)ccc1Cl)c1cc2ccccc2s1. The molecule has 1 aromatic heterocycles. The zero-order valence-corrected chi connectivity index (χ0v) is 13.9. The quantitative estimate of drug-likeness (QED) is 0.643. The molecule has 3 aromatic rings. The first-order valence-corrected chi connectivity index (χ1v) is 8.34. The largest absolute Gasteiger partial charge is 0.312 e. The first-order valence-electron chi connectivity index (χ1n) is 6.77. The van der Waals surface area contributed by atoms with Gasteiger partial charge in [-0.25, -0.2) is 0 Å². The van der Waals surface area contributed by atoms with Gasteiger partial charge in [0.1, 0.15) is 0 Å². The van der Waals surface area contributed by atoms with Gasteiger partial charge in [0.2, 0.25) is 0 Å². The number of benzene rings is 2. The number of fused-ring (bicyclic) bond motifs is 1. The molecule has 0 saturated heterocycles. The highest BCUT2D eigenvalue weighted by Gasteiger charge is 2.15. The Morgan fingerprint density at radius 3 is 2.67 bits per heavy atom. The predicted octanol–water partition coefficient (Wildman–Crippen LogP) is 5.71. The maximum atomic E-state index is 6.28. The lowest BCUT2D eigenvalue weighted by atomic mass is 10.0. The number of halogens is 2. The fourth-order valence-electron chi connectivity index (χ4n) is 2.44. The summed E-state index contributed by atoms with van der Waals surface area (Å²) in [6.45, 7) is 0. The van der Waals surface area contributed by atoms with Crippen LogP contribution in [0.4, 0.5) is 0 Å². The summed E-state index contributed by atoms with van der Waals surface area (Å²) in [5.74, 6) is 0. The van der Waals surface area contributed by atoms with Crippen LogP contribution in [0, 0.1) is 0 Å². The van der Waals surface area contributed by atoms with Crippen LogP contribution >= 0.6 is 34.5 Å². The lowest BCUT2D eigenvalue weighted by Gasteiger charge is -2.15. The molecular weight excluding hydrogens is 321 g/mol. The van der Waals surface area contributed by atoms with Crippen molar-refractivity contribution in [3.8, 4) is 0 Å². The maximum absolute atomic E-state index is 6.28. The van der Waals surface area contributed by atoms with Crippen molar-refractivity contribution >= 4 is 44.6 Å². The number of thiophene rings is 1. The molecule has 0 radical (unpaired) electrons. The molecule has 108 valence electrons. The van der Waals surface area contributed by atoms with Crippen molar-refractivity contribution in [3.63, 3.8) is 0 Å². The minimum absolute atomic E-state index is 0.235. The van der Waals surface area contributed by atoms with Crippen molar-refractivity contribution in [2.75, 3.05) is 7.05 Å². The number of hydrogen-bond donors (Lipinski definition) is 1. The fourth-order valence-corrected chi connectivity index (χ4v) is 4.00. The molecule has 1 N–H and O–H groups in total. The van der Waals surface area contributed by atoms with Gasteiger partial charge in [-0.05, 0) is 54.8 Å². The smallest absolute Gasteiger partial charge is 0.0454 e. The average Bonchev–Trinajstić information content (AvgIpc) is 2.91. The van der Waals surface area contributed by atoms with Crippen molar-refractivity contribution in [2.24, 2.45) is 0 Å². The third-order valence-corrected chi connectivity index (χ3v) is 5.40. The van der Waals surface area contributed by atoms with E-state index in [1.54, 1.807) is 0 Å². The van der Waals surface area contributed by atoms with E-state index in [0.29, 0.717) is 0 Å². The van der Waals surface area contributed by atoms with E-state index in [4.69, 9.17) is 23.2 Å². The molecule has 0 fully saturated rings. The highest BCUT2D eigenvalue weighted by molar-refractivity contribution is 7.19. The van der Waals surface area contributed by atoms with E-state index in [0.717, 1.165) is 22.0 Å². The van der Waals surface area contributed by atoms with Crippen LogP contribution in [0.15, 0.2) is 48.5 Å². The lowest BCUT2D eigenvalue weighted by Crippen LogP contribution is -2.17.